The summed E-state index contributed by atoms with van der Waals surface area (Å²) in [6, 6.07) is -0.144. The van der Waals surface area contributed by atoms with Crippen molar-refractivity contribution >= 4 is 12.0 Å². The minimum absolute atomic E-state index is 0.0867. The van der Waals surface area contributed by atoms with Gasteiger partial charge in [-0.2, -0.15) is 0 Å². The first-order valence-corrected chi connectivity index (χ1v) is 8.21. The molecule has 0 aliphatic heterocycles. The Bertz CT molecular complexity index is 383. The lowest BCUT2D eigenvalue weighted by Gasteiger charge is -2.36. The lowest BCUT2D eigenvalue weighted by Crippen LogP contribution is -2.51. The molecule has 0 radical (unpaired) electrons. The van der Waals surface area contributed by atoms with Crippen molar-refractivity contribution in [2.24, 2.45) is 5.41 Å². The van der Waals surface area contributed by atoms with Crippen LogP contribution in [0.4, 0.5) is 4.79 Å². The van der Waals surface area contributed by atoms with Crippen LogP contribution in [-0.4, -0.2) is 29.2 Å². The highest BCUT2D eigenvalue weighted by Gasteiger charge is 2.35. The number of hydrogen-bond acceptors (Lipinski definition) is 2. The summed E-state index contributed by atoms with van der Waals surface area (Å²) in [5.41, 5.74) is -0.339. The Kier molecular flexibility index (Phi) is 5.12. The van der Waals surface area contributed by atoms with E-state index in [1.807, 2.05) is 0 Å². The summed E-state index contributed by atoms with van der Waals surface area (Å²) >= 11 is 0. The van der Waals surface area contributed by atoms with E-state index in [0.717, 1.165) is 38.5 Å². The van der Waals surface area contributed by atoms with Gasteiger partial charge in [-0.25, -0.2) is 4.79 Å². The van der Waals surface area contributed by atoms with Crippen LogP contribution in [0.3, 0.4) is 0 Å². The first-order valence-electron chi connectivity index (χ1n) is 8.21. The van der Waals surface area contributed by atoms with Crippen molar-refractivity contribution in [1.82, 2.24) is 10.6 Å². The number of hydrogen-bond donors (Lipinski definition) is 3. The highest BCUT2D eigenvalue weighted by Crippen LogP contribution is 2.38. The van der Waals surface area contributed by atoms with Gasteiger partial charge in [-0.1, -0.05) is 32.1 Å². The Labute approximate surface area is 126 Å². The van der Waals surface area contributed by atoms with E-state index in [0.29, 0.717) is 6.54 Å². The van der Waals surface area contributed by atoms with E-state index in [1.54, 1.807) is 0 Å². The van der Waals surface area contributed by atoms with Crippen molar-refractivity contribution in [2.75, 3.05) is 6.54 Å². The van der Waals surface area contributed by atoms with Crippen LogP contribution in [0.5, 0.6) is 0 Å². The van der Waals surface area contributed by atoms with E-state index in [1.165, 1.54) is 19.3 Å². The van der Waals surface area contributed by atoms with Crippen LogP contribution in [0.1, 0.15) is 71.1 Å². The summed E-state index contributed by atoms with van der Waals surface area (Å²) in [6.45, 7) is 2.56. The van der Waals surface area contributed by atoms with Crippen LogP contribution >= 0.6 is 0 Å². The average Bonchev–Trinajstić information content (AvgIpc) is 2.83. The van der Waals surface area contributed by atoms with Crippen molar-refractivity contribution in [3.05, 3.63) is 0 Å². The zero-order chi connectivity index (χ0) is 15.3. The summed E-state index contributed by atoms with van der Waals surface area (Å²) in [5.74, 6) is -0.762. The molecule has 0 atom stereocenters. The standard InChI is InChI=1S/C16H28N2O3/c1-15(7-5-6-8-15)18-14(21)17-12-16(11-13(19)20)9-3-2-4-10-16/h2-12H2,1H3,(H,19,20)(H2,17,18,21). The zero-order valence-electron chi connectivity index (χ0n) is 13.0. The topological polar surface area (TPSA) is 78.4 Å². The van der Waals surface area contributed by atoms with Gasteiger partial charge in [0, 0.05) is 12.1 Å². The lowest BCUT2D eigenvalue weighted by atomic mass is 9.72. The molecule has 5 heteroatoms. The Balaban J connectivity index is 1.85. The maximum absolute atomic E-state index is 12.1. The van der Waals surface area contributed by atoms with Gasteiger partial charge in [-0.05, 0) is 38.0 Å². The smallest absolute Gasteiger partial charge is 0.315 e. The third-order valence-corrected chi connectivity index (χ3v) is 5.19. The third kappa shape index (κ3) is 4.61. The predicted molar refractivity (Wildman–Crippen MR) is 81.2 cm³/mol. The van der Waals surface area contributed by atoms with Gasteiger partial charge in [0.05, 0.1) is 6.42 Å². The molecule has 0 aromatic carbocycles. The number of aliphatic carboxylic acids is 1. The number of carboxylic acid groups (broad SMARTS) is 1. The second-order valence-electron chi connectivity index (χ2n) is 7.21. The van der Waals surface area contributed by atoms with Crippen molar-refractivity contribution in [3.8, 4) is 0 Å². The molecule has 3 N–H and O–H groups in total. The molecular weight excluding hydrogens is 268 g/mol. The van der Waals surface area contributed by atoms with Crippen molar-refractivity contribution < 1.29 is 14.7 Å². The number of amides is 2. The molecule has 2 rings (SSSR count). The maximum atomic E-state index is 12.1. The molecule has 2 aliphatic rings. The molecule has 21 heavy (non-hydrogen) atoms. The van der Waals surface area contributed by atoms with Gasteiger partial charge in [-0.3, -0.25) is 4.79 Å². The van der Waals surface area contributed by atoms with Crippen LogP contribution in [0.25, 0.3) is 0 Å². The van der Waals surface area contributed by atoms with Gasteiger partial charge < -0.3 is 15.7 Å². The van der Waals surface area contributed by atoms with Crippen LogP contribution in [0, 0.1) is 5.41 Å². The Hall–Kier alpha value is -1.26. The normalized spacial score (nSPS) is 23.5. The van der Waals surface area contributed by atoms with E-state index >= 15 is 0 Å². The molecule has 5 nitrogen and oxygen atoms in total. The van der Waals surface area contributed by atoms with Gasteiger partial charge in [0.1, 0.15) is 0 Å². The average molecular weight is 296 g/mol. The third-order valence-electron chi connectivity index (χ3n) is 5.19. The monoisotopic (exact) mass is 296 g/mol. The fourth-order valence-corrected chi connectivity index (χ4v) is 3.91. The molecule has 0 heterocycles. The van der Waals surface area contributed by atoms with E-state index < -0.39 is 5.97 Å². The van der Waals surface area contributed by atoms with Gasteiger partial charge in [0.2, 0.25) is 0 Å². The summed E-state index contributed by atoms with van der Waals surface area (Å²) in [7, 11) is 0. The van der Waals surface area contributed by atoms with Crippen LogP contribution in [0.15, 0.2) is 0 Å². The number of urea groups is 1. The first kappa shape index (κ1) is 16.1. The predicted octanol–water partition coefficient (Wildman–Crippen LogP) is 3.04. The molecule has 0 spiro atoms. The Morgan fingerprint density at radius 3 is 2.14 bits per heavy atom. The van der Waals surface area contributed by atoms with Gasteiger partial charge in [0.25, 0.3) is 0 Å². The van der Waals surface area contributed by atoms with Crippen molar-refractivity contribution in [3.63, 3.8) is 0 Å². The maximum Gasteiger partial charge on any atom is 0.315 e. The van der Waals surface area contributed by atoms with E-state index in [-0.39, 0.29) is 23.4 Å². The molecule has 0 saturated heterocycles. The molecule has 2 fully saturated rings. The molecule has 2 aliphatic carbocycles. The molecule has 0 unspecified atom stereocenters. The zero-order valence-corrected chi connectivity index (χ0v) is 13.0. The second-order valence-corrected chi connectivity index (χ2v) is 7.21. The van der Waals surface area contributed by atoms with Crippen molar-refractivity contribution in [1.29, 1.82) is 0 Å². The number of carbonyl (C=O) groups excluding carboxylic acids is 1. The van der Waals surface area contributed by atoms with Crippen LogP contribution < -0.4 is 10.6 Å². The lowest BCUT2D eigenvalue weighted by molar-refractivity contribution is -0.140. The Morgan fingerprint density at radius 1 is 1.00 bits per heavy atom. The van der Waals surface area contributed by atoms with Crippen molar-refractivity contribution in [2.45, 2.75) is 76.7 Å². The summed E-state index contributed by atoms with van der Waals surface area (Å²) < 4.78 is 0. The second kappa shape index (κ2) is 6.67. The van der Waals surface area contributed by atoms with Crippen LogP contribution in [0.2, 0.25) is 0 Å². The molecular formula is C16H28N2O3. The molecule has 0 bridgehead atoms. The summed E-state index contributed by atoms with van der Waals surface area (Å²) in [4.78, 5) is 23.2. The minimum atomic E-state index is -0.762. The first-order chi connectivity index (χ1) is 9.93. The van der Waals surface area contributed by atoms with Crippen LogP contribution in [-0.2, 0) is 4.79 Å². The number of rotatable bonds is 5. The summed E-state index contributed by atoms with van der Waals surface area (Å²) in [6.07, 6.45) is 9.65. The summed E-state index contributed by atoms with van der Waals surface area (Å²) in [5, 5.41) is 15.1. The van der Waals surface area contributed by atoms with E-state index in [4.69, 9.17) is 5.11 Å². The fraction of sp³-hybridized carbons (Fsp3) is 0.875. The number of nitrogens with one attached hydrogen (secondary N) is 2. The highest BCUT2D eigenvalue weighted by molar-refractivity contribution is 5.75. The van der Waals surface area contributed by atoms with Gasteiger partial charge >= 0.3 is 12.0 Å². The van der Waals surface area contributed by atoms with Gasteiger partial charge in [-0.15, -0.1) is 0 Å². The fourth-order valence-electron chi connectivity index (χ4n) is 3.91. The molecule has 2 saturated carbocycles. The Morgan fingerprint density at radius 2 is 1.57 bits per heavy atom. The quantitative estimate of drug-likeness (QED) is 0.729. The molecule has 2 amide bonds. The van der Waals surface area contributed by atoms with E-state index in [9.17, 15) is 9.59 Å². The largest absolute Gasteiger partial charge is 0.481 e. The molecule has 120 valence electrons. The molecule has 0 aromatic rings. The minimum Gasteiger partial charge on any atom is -0.481 e. The van der Waals surface area contributed by atoms with E-state index in [2.05, 4.69) is 17.6 Å². The highest BCUT2D eigenvalue weighted by atomic mass is 16.4. The number of carboxylic acids is 1. The molecule has 0 aromatic heterocycles. The SMILES string of the molecule is CC1(NC(=O)NCC2(CC(=O)O)CCCCC2)CCCC1. The van der Waals surface area contributed by atoms with Gasteiger partial charge in [0.15, 0.2) is 0 Å². The number of carbonyl (C=O) groups is 2.